The molecule has 0 N–H and O–H groups in total. The molecule has 0 amide bonds. The molecule has 0 aliphatic heterocycles. The fraction of sp³-hybridized carbons (Fsp3) is 0.421. The average Bonchev–Trinajstić information content (AvgIpc) is 3.47. The van der Waals surface area contributed by atoms with Crippen molar-refractivity contribution in [3.8, 4) is 17.2 Å². The molecule has 6 rings (SSSR count). The molecular formula is C19H19N9O. The lowest BCUT2D eigenvalue weighted by atomic mass is 9.87. The maximum absolute atomic E-state index is 5.68. The highest BCUT2D eigenvalue weighted by molar-refractivity contribution is 5.63. The van der Waals surface area contributed by atoms with Crippen molar-refractivity contribution >= 4 is 0 Å². The third-order valence-corrected chi connectivity index (χ3v) is 5.92. The second-order valence-electron chi connectivity index (χ2n) is 7.62. The largest absolute Gasteiger partial charge is 0.339 e. The van der Waals surface area contributed by atoms with Gasteiger partial charge in [0.25, 0.3) is 0 Å². The van der Waals surface area contributed by atoms with Crippen LogP contribution in [0.15, 0.2) is 35.5 Å². The van der Waals surface area contributed by atoms with Gasteiger partial charge in [-0.25, -0.2) is 19.3 Å². The standard InChI is InChI=1S/C19H19N9O/c1-3-13(4-1)28-16-9-12(6-7-15(16)24-26-28)19-23-17(25-29-19)14-5-2-8-21-18(14)27-11-20-10-22-27/h2,5,8,10-13H,1,3-4,6-7,9H2. The smallest absolute Gasteiger partial charge is 0.230 e. The molecule has 4 aromatic heterocycles. The number of pyridine rings is 1. The summed E-state index contributed by atoms with van der Waals surface area (Å²) in [5.74, 6) is 1.96. The molecule has 1 saturated carbocycles. The third kappa shape index (κ3) is 2.74. The Morgan fingerprint density at radius 3 is 2.97 bits per heavy atom. The van der Waals surface area contributed by atoms with E-state index in [1.165, 1.54) is 31.3 Å². The predicted octanol–water partition coefficient (Wildman–Crippen LogP) is 2.30. The second-order valence-corrected chi connectivity index (χ2v) is 7.62. The van der Waals surface area contributed by atoms with Gasteiger partial charge in [0, 0.05) is 18.5 Å². The summed E-state index contributed by atoms with van der Waals surface area (Å²) in [5, 5.41) is 17.2. The van der Waals surface area contributed by atoms with E-state index < -0.39 is 0 Å². The highest BCUT2D eigenvalue weighted by Gasteiger charge is 2.32. The van der Waals surface area contributed by atoms with E-state index in [1.807, 2.05) is 12.1 Å². The van der Waals surface area contributed by atoms with E-state index in [2.05, 4.69) is 35.2 Å². The van der Waals surface area contributed by atoms with Crippen LogP contribution in [0.3, 0.4) is 0 Å². The van der Waals surface area contributed by atoms with Crippen molar-refractivity contribution in [1.29, 1.82) is 0 Å². The van der Waals surface area contributed by atoms with E-state index in [0.29, 0.717) is 23.6 Å². The molecule has 1 atom stereocenters. The summed E-state index contributed by atoms with van der Waals surface area (Å²) in [6.07, 6.45) is 11.1. The number of aryl methyl sites for hydroxylation is 1. The predicted molar refractivity (Wildman–Crippen MR) is 100 cm³/mol. The molecule has 10 nitrogen and oxygen atoms in total. The zero-order chi connectivity index (χ0) is 19.2. The molecule has 146 valence electrons. The SMILES string of the molecule is c1cnc(-n2cncn2)c(-c2noc(C3CCc4nnn(C5CCC5)c4C3)n2)c1. The van der Waals surface area contributed by atoms with Crippen molar-refractivity contribution in [2.75, 3.05) is 0 Å². The van der Waals surface area contributed by atoms with Gasteiger partial charge in [-0.3, -0.25) is 0 Å². The van der Waals surface area contributed by atoms with Crippen LogP contribution in [-0.4, -0.2) is 44.9 Å². The van der Waals surface area contributed by atoms with Crippen LogP contribution in [0.25, 0.3) is 17.2 Å². The normalized spacial score (nSPS) is 19.1. The lowest BCUT2D eigenvalue weighted by molar-refractivity contribution is 0.271. The van der Waals surface area contributed by atoms with Crippen LogP contribution in [0.2, 0.25) is 0 Å². The number of hydrogen-bond donors (Lipinski definition) is 0. The summed E-state index contributed by atoms with van der Waals surface area (Å²) in [7, 11) is 0. The molecule has 0 bridgehead atoms. The van der Waals surface area contributed by atoms with Crippen LogP contribution < -0.4 is 0 Å². The zero-order valence-corrected chi connectivity index (χ0v) is 15.7. The monoisotopic (exact) mass is 389 g/mol. The van der Waals surface area contributed by atoms with Crippen LogP contribution in [-0.2, 0) is 12.8 Å². The zero-order valence-electron chi connectivity index (χ0n) is 15.7. The number of fused-ring (bicyclic) bond motifs is 1. The van der Waals surface area contributed by atoms with Gasteiger partial charge in [0.05, 0.1) is 23.0 Å². The first-order chi connectivity index (χ1) is 14.4. The van der Waals surface area contributed by atoms with E-state index in [0.717, 1.165) is 30.5 Å². The summed E-state index contributed by atoms with van der Waals surface area (Å²) in [6.45, 7) is 0. The molecule has 0 aromatic carbocycles. The molecule has 0 spiro atoms. The van der Waals surface area contributed by atoms with Gasteiger partial charge >= 0.3 is 0 Å². The summed E-state index contributed by atoms with van der Waals surface area (Å²) in [5.41, 5.74) is 3.11. The van der Waals surface area contributed by atoms with E-state index >= 15 is 0 Å². The highest BCUT2D eigenvalue weighted by atomic mass is 16.5. The minimum atomic E-state index is 0.174. The van der Waals surface area contributed by atoms with Crippen molar-refractivity contribution < 1.29 is 4.52 Å². The van der Waals surface area contributed by atoms with Gasteiger partial charge in [-0.05, 0) is 44.2 Å². The van der Waals surface area contributed by atoms with Gasteiger partial charge in [-0.15, -0.1) is 5.10 Å². The fourth-order valence-electron chi connectivity index (χ4n) is 4.12. The molecule has 2 aliphatic carbocycles. The first-order valence-electron chi connectivity index (χ1n) is 9.94. The van der Waals surface area contributed by atoms with Gasteiger partial charge < -0.3 is 4.52 Å². The molecule has 1 fully saturated rings. The highest BCUT2D eigenvalue weighted by Crippen LogP contribution is 2.37. The number of rotatable bonds is 4. The van der Waals surface area contributed by atoms with Crippen LogP contribution in [0.4, 0.5) is 0 Å². The Kier molecular flexibility index (Phi) is 3.74. The Balaban J connectivity index is 1.30. The van der Waals surface area contributed by atoms with Gasteiger partial charge in [-0.2, -0.15) is 10.1 Å². The molecule has 2 aliphatic rings. The minimum Gasteiger partial charge on any atom is -0.339 e. The van der Waals surface area contributed by atoms with Crippen molar-refractivity contribution in [2.45, 2.75) is 50.5 Å². The molecule has 29 heavy (non-hydrogen) atoms. The maximum atomic E-state index is 5.68. The van der Waals surface area contributed by atoms with Gasteiger partial charge in [0.15, 0.2) is 5.82 Å². The third-order valence-electron chi connectivity index (χ3n) is 5.92. The van der Waals surface area contributed by atoms with Crippen LogP contribution >= 0.6 is 0 Å². The first kappa shape index (κ1) is 16.5. The van der Waals surface area contributed by atoms with Crippen LogP contribution in [0.1, 0.15) is 54.9 Å². The molecule has 4 heterocycles. The van der Waals surface area contributed by atoms with E-state index in [9.17, 15) is 0 Å². The first-order valence-corrected chi connectivity index (χ1v) is 9.94. The Labute approximate surface area is 166 Å². The maximum Gasteiger partial charge on any atom is 0.230 e. The average molecular weight is 389 g/mol. The molecule has 10 heteroatoms. The lowest BCUT2D eigenvalue weighted by Crippen LogP contribution is -2.23. The Hall–Kier alpha value is -3.43. The fourth-order valence-corrected chi connectivity index (χ4v) is 4.12. The summed E-state index contributed by atoms with van der Waals surface area (Å²) < 4.78 is 9.41. The summed E-state index contributed by atoms with van der Waals surface area (Å²) in [4.78, 5) is 13.1. The topological polar surface area (TPSA) is 113 Å². The molecule has 4 aromatic rings. The quantitative estimate of drug-likeness (QED) is 0.522. The van der Waals surface area contributed by atoms with Crippen LogP contribution in [0, 0.1) is 0 Å². The Morgan fingerprint density at radius 2 is 2.14 bits per heavy atom. The van der Waals surface area contributed by atoms with E-state index in [1.54, 1.807) is 17.2 Å². The second kappa shape index (κ2) is 6.57. The van der Waals surface area contributed by atoms with Crippen molar-refractivity contribution in [3.63, 3.8) is 0 Å². The van der Waals surface area contributed by atoms with Crippen molar-refractivity contribution in [3.05, 3.63) is 48.3 Å². The van der Waals surface area contributed by atoms with E-state index in [4.69, 9.17) is 9.51 Å². The number of nitrogens with zero attached hydrogens (tertiary/aromatic N) is 9. The van der Waals surface area contributed by atoms with Gasteiger partial charge in [-0.1, -0.05) is 10.4 Å². The Bertz CT molecular complexity index is 1140. The van der Waals surface area contributed by atoms with E-state index in [-0.39, 0.29) is 5.92 Å². The molecule has 0 saturated heterocycles. The number of aromatic nitrogens is 9. The van der Waals surface area contributed by atoms with Gasteiger partial charge in [0.2, 0.25) is 11.7 Å². The molecule has 1 unspecified atom stereocenters. The molecule has 0 radical (unpaired) electrons. The summed E-state index contributed by atoms with van der Waals surface area (Å²) in [6, 6.07) is 4.26. The van der Waals surface area contributed by atoms with Crippen molar-refractivity contribution in [1.82, 2.24) is 44.9 Å². The summed E-state index contributed by atoms with van der Waals surface area (Å²) >= 11 is 0. The Morgan fingerprint density at radius 1 is 1.17 bits per heavy atom. The van der Waals surface area contributed by atoms with Crippen molar-refractivity contribution in [2.24, 2.45) is 0 Å². The van der Waals surface area contributed by atoms with Crippen LogP contribution in [0.5, 0.6) is 0 Å². The molecular weight excluding hydrogens is 370 g/mol. The minimum absolute atomic E-state index is 0.174. The van der Waals surface area contributed by atoms with Gasteiger partial charge in [0.1, 0.15) is 12.7 Å². The number of hydrogen-bond acceptors (Lipinski definition) is 8. The lowest BCUT2D eigenvalue weighted by Gasteiger charge is -2.28.